The van der Waals surface area contributed by atoms with E-state index in [0.717, 1.165) is 34.7 Å². The van der Waals surface area contributed by atoms with Gasteiger partial charge in [0.1, 0.15) is 0 Å². The Balaban J connectivity index is 2.46. The van der Waals surface area contributed by atoms with E-state index in [1.165, 1.54) is 5.56 Å². The Bertz CT molecular complexity index is 237. The molecule has 0 unspecified atom stereocenters. The fourth-order valence-corrected chi connectivity index (χ4v) is 14.0. The molecule has 5 heteroatoms. The third-order valence-corrected chi connectivity index (χ3v) is 14.7. The Kier molecular flexibility index (Phi) is 5.08. The summed E-state index contributed by atoms with van der Waals surface area (Å²) < 4.78 is 0. The molecule has 0 saturated carbocycles. The fraction of sp³-hybridized carbons (Fsp3) is 0.143. The third-order valence-electron chi connectivity index (χ3n) is 1.47. The summed E-state index contributed by atoms with van der Waals surface area (Å²) in [5.41, 5.74) is 1.45. The monoisotopic (exact) mass is 231 g/mol. The molecule has 0 bridgehead atoms. The van der Waals surface area contributed by atoms with Crippen molar-refractivity contribution >= 4 is 49.6 Å². The second-order valence-electron chi connectivity index (χ2n) is 2.31. The normalized spacial score (nSPS) is 10.2. The maximum absolute atomic E-state index is 3.54. The molecular formula is C7H7Si5. The van der Waals surface area contributed by atoms with Gasteiger partial charge in [0.15, 0.2) is 0 Å². The van der Waals surface area contributed by atoms with Gasteiger partial charge in [-0.3, -0.25) is 0 Å². The van der Waals surface area contributed by atoms with Crippen molar-refractivity contribution in [3.63, 3.8) is 0 Å². The van der Waals surface area contributed by atoms with Crippen LogP contribution < -0.4 is 5.19 Å². The average Bonchev–Trinajstić information content (AvgIpc) is 2.09. The lowest BCUT2D eigenvalue weighted by Gasteiger charge is -2.01. The van der Waals surface area contributed by atoms with Crippen LogP contribution in [0.25, 0.3) is 0 Å². The molecule has 0 heterocycles. The number of hydrogen-bond donors (Lipinski definition) is 0. The van der Waals surface area contributed by atoms with Gasteiger partial charge in [-0.2, -0.15) is 0 Å². The predicted octanol–water partition coefficient (Wildman–Crippen LogP) is -0.734. The van der Waals surface area contributed by atoms with E-state index in [4.69, 9.17) is 0 Å². The largest absolute Gasteiger partial charge is 0.0653 e. The predicted molar refractivity (Wildman–Crippen MR) is 59.6 cm³/mol. The summed E-state index contributed by atoms with van der Waals surface area (Å²) in [5.74, 6) is 0. The quantitative estimate of drug-likeness (QED) is 0.473. The van der Waals surface area contributed by atoms with Crippen LogP contribution in [0.1, 0.15) is 5.56 Å². The zero-order valence-electron chi connectivity index (χ0n) is 6.81. The van der Waals surface area contributed by atoms with Gasteiger partial charge in [-0.25, -0.2) is 0 Å². The summed E-state index contributed by atoms with van der Waals surface area (Å²) in [6, 6.07) is 8.70. The molecule has 0 atom stereocenters. The van der Waals surface area contributed by atoms with Gasteiger partial charge in [0, 0.05) is 35.4 Å². The van der Waals surface area contributed by atoms with Crippen molar-refractivity contribution in [2.75, 3.05) is 0 Å². The minimum Gasteiger partial charge on any atom is -0.0653 e. The van der Waals surface area contributed by atoms with Crippen LogP contribution in [-0.2, 0) is 0 Å². The third kappa shape index (κ3) is 3.36. The SMILES string of the molecule is Cc1ccccc1[Si][Si][Si][Si][Si]. The first-order valence-corrected chi connectivity index (χ1v) is 12.1. The zero-order chi connectivity index (χ0) is 8.81. The lowest BCUT2D eigenvalue weighted by atomic mass is 10.2. The van der Waals surface area contributed by atoms with E-state index < -0.39 is 0 Å². The van der Waals surface area contributed by atoms with Crippen LogP contribution in [0.5, 0.6) is 0 Å². The molecule has 0 spiro atoms. The fourth-order valence-electron chi connectivity index (χ4n) is 0.843. The number of benzene rings is 1. The lowest BCUT2D eigenvalue weighted by molar-refractivity contribution is 1.52. The van der Waals surface area contributed by atoms with Gasteiger partial charge in [0.2, 0.25) is 0 Å². The molecule has 11 radical (unpaired) electrons. The van der Waals surface area contributed by atoms with Gasteiger partial charge >= 0.3 is 0 Å². The van der Waals surface area contributed by atoms with Crippen LogP contribution >= 0.6 is 0 Å². The van der Waals surface area contributed by atoms with Crippen molar-refractivity contribution in [2.24, 2.45) is 0 Å². The molecule has 1 rings (SSSR count). The summed E-state index contributed by atoms with van der Waals surface area (Å²) in [7, 11) is 7.77. The van der Waals surface area contributed by atoms with E-state index in [-0.39, 0.29) is 0 Å². The lowest BCUT2D eigenvalue weighted by Crippen LogP contribution is -2.29. The highest BCUT2D eigenvalue weighted by Gasteiger charge is 1.97. The molecule has 0 aromatic heterocycles. The maximum atomic E-state index is 3.54. The van der Waals surface area contributed by atoms with Crippen LogP contribution in [-0.4, -0.2) is 44.5 Å². The van der Waals surface area contributed by atoms with Crippen LogP contribution in [0.2, 0.25) is 0 Å². The number of rotatable bonds is 4. The molecule has 0 saturated heterocycles. The molecule has 0 aliphatic rings. The molecule has 1 aromatic rings. The van der Waals surface area contributed by atoms with E-state index in [9.17, 15) is 0 Å². The minimum atomic E-state index is 0.959. The summed E-state index contributed by atoms with van der Waals surface area (Å²) in [6.45, 7) is 2.20. The first kappa shape index (κ1) is 10.4. The molecule has 1 aromatic carbocycles. The second-order valence-corrected chi connectivity index (χ2v) is 13.6. The summed E-state index contributed by atoms with van der Waals surface area (Å²) >= 11 is 0. The Hall–Kier alpha value is 0.304. The summed E-state index contributed by atoms with van der Waals surface area (Å²) in [4.78, 5) is 0. The van der Waals surface area contributed by atoms with Crippen LogP contribution in [0, 0.1) is 6.92 Å². The van der Waals surface area contributed by atoms with Crippen molar-refractivity contribution in [1.82, 2.24) is 0 Å². The smallest absolute Gasteiger partial charge is 0.0607 e. The Labute approximate surface area is 86.4 Å². The summed E-state index contributed by atoms with van der Waals surface area (Å²) in [5, 5.41) is 1.55. The standard InChI is InChI=1S/C7H7Si5/c1-6-4-2-3-5-7(6)9-11-12-10-8/h2-5H,1H3. The Morgan fingerprint density at radius 2 is 1.92 bits per heavy atom. The van der Waals surface area contributed by atoms with Crippen molar-refractivity contribution in [3.05, 3.63) is 29.8 Å². The van der Waals surface area contributed by atoms with E-state index >= 15 is 0 Å². The molecule has 0 N–H and O–H groups in total. The topological polar surface area (TPSA) is 0 Å². The van der Waals surface area contributed by atoms with Gasteiger partial charge in [-0.15, -0.1) is 0 Å². The molecule has 12 heavy (non-hydrogen) atoms. The maximum Gasteiger partial charge on any atom is 0.0607 e. The van der Waals surface area contributed by atoms with Crippen molar-refractivity contribution in [3.8, 4) is 0 Å². The van der Waals surface area contributed by atoms with Crippen LogP contribution in [0.4, 0.5) is 0 Å². The second kappa shape index (κ2) is 5.87. The molecule has 0 nitrogen and oxygen atoms in total. The average molecular weight is 232 g/mol. The Morgan fingerprint density at radius 3 is 2.58 bits per heavy atom. The molecular weight excluding hydrogens is 225 g/mol. The molecule has 55 valence electrons. The van der Waals surface area contributed by atoms with Gasteiger partial charge < -0.3 is 0 Å². The van der Waals surface area contributed by atoms with Crippen molar-refractivity contribution < 1.29 is 0 Å². The highest BCUT2D eigenvalue weighted by Crippen LogP contribution is 1.90. The van der Waals surface area contributed by atoms with Gasteiger partial charge in [-0.05, 0) is 6.92 Å². The van der Waals surface area contributed by atoms with Gasteiger partial charge in [0.05, 0.1) is 9.04 Å². The molecule has 0 fully saturated rings. The minimum absolute atomic E-state index is 0.959. The highest BCUT2D eigenvalue weighted by molar-refractivity contribution is 7.52. The number of hydrogen-bond acceptors (Lipinski definition) is 0. The first-order chi connectivity index (χ1) is 5.84. The number of aryl methyl sites for hydroxylation is 1. The summed E-state index contributed by atoms with van der Waals surface area (Å²) in [6.07, 6.45) is 0. The molecule has 0 aliphatic carbocycles. The van der Waals surface area contributed by atoms with Crippen LogP contribution in [0.15, 0.2) is 24.3 Å². The Morgan fingerprint density at radius 1 is 1.17 bits per heavy atom. The van der Waals surface area contributed by atoms with E-state index in [1.54, 1.807) is 5.19 Å². The van der Waals surface area contributed by atoms with Crippen molar-refractivity contribution in [1.29, 1.82) is 0 Å². The van der Waals surface area contributed by atoms with Gasteiger partial charge in [0.25, 0.3) is 0 Å². The first-order valence-electron chi connectivity index (χ1n) is 3.58. The van der Waals surface area contributed by atoms with E-state index in [0.29, 0.717) is 0 Å². The van der Waals surface area contributed by atoms with Gasteiger partial charge in [-0.1, -0.05) is 35.0 Å². The van der Waals surface area contributed by atoms with E-state index in [2.05, 4.69) is 40.9 Å². The highest BCUT2D eigenvalue weighted by atomic mass is 29.8. The van der Waals surface area contributed by atoms with E-state index in [1.807, 2.05) is 0 Å². The van der Waals surface area contributed by atoms with Crippen LogP contribution in [0.3, 0.4) is 0 Å². The molecule has 0 amide bonds. The van der Waals surface area contributed by atoms with Crippen molar-refractivity contribution in [2.45, 2.75) is 6.92 Å². The molecule has 0 aliphatic heterocycles. The zero-order valence-corrected chi connectivity index (χ0v) is 11.8.